The minimum absolute atomic E-state index is 0.0520. The lowest BCUT2D eigenvalue weighted by atomic mass is 9.93. The maximum Gasteiger partial charge on any atom is 0.261 e. The average Bonchev–Trinajstić information content (AvgIpc) is 2.69. The Morgan fingerprint density at radius 1 is 1.27 bits per heavy atom. The Labute approximate surface area is 184 Å². The predicted octanol–water partition coefficient (Wildman–Crippen LogP) is 6.44. The molecule has 0 bridgehead atoms. The Hall–Kier alpha value is -2.25. The lowest BCUT2D eigenvalue weighted by Crippen LogP contribution is -2.29. The molecule has 4 rings (SSSR count). The molecule has 158 valence electrons. The second kappa shape index (κ2) is 8.86. The van der Waals surface area contributed by atoms with Crippen molar-refractivity contribution in [2.45, 2.75) is 45.6 Å². The van der Waals surface area contributed by atoms with E-state index in [9.17, 15) is 9.18 Å². The summed E-state index contributed by atoms with van der Waals surface area (Å²) in [5, 5.41) is 3.93. The minimum Gasteiger partial charge on any atom is -0.352 e. The van der Waals surface area contributed by atoms with Gasteiger partial charge in [0, 0.05) is 17.5 Å². The van der Waals surface area contributed by atoms with Gasteiger partial charge in [-0.1, -0.05) is 30.5 Å². The van der Waals surface area contributed by atoms with Gasteiger partial charge in [-0.3, -0.25) is 9.36 Å². The number of rotatable bonds is 7. The summed E-state index contributed by atoms with van der Waals surface area (Å²) in [6, 6.07) is 6.81. The predicted molar refractivity (Wildman–Crippen MR) is 125 cm³/mol. The Bertz CT molecular complexity index is 1150. The van der Waals surface area contributed by atoms with Gasteiger partial charge in [0.05, 0.1) is 33.6 Å². The van der Waals surface area contributed by atoms with E-state index < -0.39 is 5.82 Å². The number of fused-ring (bicyclic) bond motifs is 1. The van der Waals surface area contributed by atoms with Gasteiger partial charge in [-0.05, 0) is 62.4 Å². The zero-order chi connectivity index (χ0) is 21.3. The lowest BCUT2D eigenvalue weighted by Gasteiger charge is -2.27. The van der Waals surface area contributed by atoms with E-state index in [0.717, 1.165) is 37.0 Å². The first kappa shape index (κ1) is 21.0. The van der Waals surface area contributed by atoms with Gasteiger partial charge in [0.25, 0.3) is 5.56 Å². The first-order valence-electron chi connectivity index (χ1n) is 10.1. The lowest BCUT2D eigenvalue weighted by molar-refractivity contribution is 0.305. The van der Waals surface area contributed by atoms with Crippen LogP contribution in [0.4, 0.5) is 21.5 Å². The third-order valence-corrected chi connectivity index (χ3v) is 6.89. The van der Waals surface area contributed by atoms with Crippen molar-refractivity contribution in [1.82, 2.24) is 9.55 Å². The normalized spacial score (nSPS) is 14.0. The molecule has 0 radical (unpaired) electrons. The monoisotopic (exact) mass is 446 g/mol. The number of hydrogen-bond acceptors (Lipinski definition) is 5. The van der Waals surface area contributed by atoms with E-state index in [1.807, 2.05) is 6.92 Å². The molecule has 1 aliphatic carbocycles. The molecule has 1 saturated carbocycles. The fourth-order valence-electron chi connectivity index (χ4n) is 3.55. The standard InChI is InChI=1S/C22H24ClFN4OS/c1-3-11-30-27-18-8-7-15(24)21(20(18)23)26-16-9-10-17-19(13(16)2)22(29)28(12-25-17)14-5-4-6-14/h7-10,12,14,26-27H,3-6,11H2,1-2H3. The summed E-state index contributed by atoms with van der Waals surface area (Å²) < 4.78 is 19.5. The molecule has 2 aromatic carbocycles. The highest BCUT2D eigenvalue weighted by atomic mass is 35.5. The van der Waals surface area contributed by atoms with Gasteiger partial charge in [0.2, 0.25) is 0 Å². The molecule has 0 spiro atoms. The fraction of sp³-hybridized carbons (Fsp3) is 0.364. The molecule has 1 aliphatic rings. The molecule has 5 nitrogen and oxygen atoms in total. The molecule has 1 fully saturated rings. The van der Waals surface area contributed by atoms with Crippen LogP contribution in [0.1, 0.15) is 44.2 Å². The SMILES string of the molecule is CCCSNc1ccc(F)c(Nc2ccc3ncn(C4CCC4)c(=O)c3c2C)c1Cl. The van der Waals surface area contributed by atoms with Crippen molar-refractivity contribution in [2.24, 2.45) is 0 Å². The van der Waals surface area contributed by atoms with Gasteiger partial charge in [-0.25, -0.2) is 9.37 Å². The Morgan fingerprint density at radius 2 is 2.03 bits per heavy atom. The molecule has 0 aliphatic heterocycles. The first-order chi connectivity index (χ1) is 14.5. The fourth-order valence-corrected chi connectivity index (χ4v) is 4.49. The van der Waals surface area contributed by atoms with Crippen molar-refractivity contribution in [3.63, 3.8) is 0 Å². The van der Waals surface area contributed by atoms with Gasteiger partial charge < -0.3 is 10.0 Å². The largest absolute Gasteiger partial charge is 0.352 e. The molecule has 1 heterocycles. The van der Waals surface area contributed by atoms with Crippen molar-refractivity contribution in [3.8, 4) is 0 Å². The zero-order valence-electron chi connectivity index (χ0n) is 17.0. The van der Waals surface area contributed by atoms with Crippen molar-refractivity contribution in [2.75, 3.05) is 15.8 Å². The van der Waals surface area contributed by atoms with E-state index in [2.05, 4.69) is 21.9 Å². The number of nitrogens with zero attached hydrogens (tertiary/aromatic N) is 2. The van der Waals surface area contributed by atoms with Crippen molar-refractivity contribution in [3.05, 3.63) is 57.3 Å². The molecule has 2 N–H and O–H groups in total. The second-order valence-electron chi connectivity index (χ2n) is 7.53. The molecule has 0 unspecified atom stereocenters. The Kier molecular flexibility index (Phi) is 6.20. The summed E-state index contributed by atoms with van der Waals surface area (Å²) in [5.41, 5.74) is 2.77. The first-order valence-corrected chi connectivity index (χ1v) is 11.5. The quantitative estimate of drug-likeness (QED) is 0.323. The van der Waals surface area contributed by atoms with Crippen LogP contribution in [0.5, 0.6) is 0 Å². The second-order valence-corrected chi connectivity index (χ2v) is 8.81. The van der Waals surface area contributed by atoms with Gasteiger partial charge in [0.15, 0.2) is 0 Å². The number of hydrogen-bond donors (Lipinski definition) is 2. The molecule has 0 amide bonds. The Balaban J connectivity index is 1.72. The summed E-state index contributed by atoms with van der Waals surface area (Å²) in [6.45, 7) is 3.94. The van der Waals surface area contributed by atoms with Crippen LogP contribution in [0.3, 0.4) is 0 Å². The van der Waals surface area contributed by atoms with Crippen LogP contribution in [0.25, 0.3) is 10.9 Å². The van der Waals surface area contributed by atoms with E-state index in [-0.39, 0.29) is 22.3 Å². The smallest absolute Gasteiger partial charge is 0.261 e. The van der Waals surface area contributed by atoms with E-state index in [1.165, 1.54) is 18.0 Å². The molecule has 30 heavy (non-hydrogen) atoms. The van der Waals surface area contributed by atoms with E-state index in [4.69, 9.17) is 11.6 Å². The number of aryl methyl sites for hydroxylation is 1. The highest BCUT2D eigenvalue weighted by Crippen LogP contribution is 2.37. The molecule has 1 aromatic heterocycles. The summed E-state index contributed by atoms with van der Waals surface area (Å²) in [4.78, 5) is 17.6. The highest BCUT2D eigenvalue weighted by Gasteiger charge is 2.22. The summed E-state index contributed by atoms with van der Waals surface area (Å²) in [6.07, 6.45) is 5.79. The van der Waals surface area contributed by atoms with E-state index >= 15 is 0 Å². The summed E-state index contributed by atoms with van der Waals surface area (Å²) in [7, 11) is 0. The maximum atomic E-state index is 14.6. The number of benzene rings is 2. The van der Waals surface area contributed by atoms with Gasteiger partial charge in [-0.15, -0.1) is 0 Å². The topological polar surface area (TPSA) is 59.0 Å². The van der Waals surface area contributed by atoms with Crippen molar-refractivity contribution in [1.29, 1.82) is 0 Å². The van der Waals surface area contributed by atoms with Crippen LogP contribution in [-0.4, -0.2) is 15.3 Å². The maximum absolute atomic E-state index is 14.6. The summed E-state index contributed by atoms with van der Waals surface area (Å²) in [5.74, 6) is 0.462. The third-order valence-electron chi connectivity index (χ3n) is 5.52. The molecule has 8 heteroatoms. The zero-order valence-corrected chi connectivity index (χ0v) is 18.5. The van der Waals surface area contributed by atoms with Crippen LogP contribution in [0.15, 0.2) is 35.4 Å². The van der Waals surface area contributed by atoms with Crippen LogP contribution in [-0.2, 0) is 0 Å². The van der Waals surface area contributed by atoms with E-state index in [1.54, 1.807) is 29.1 Å². The van der Waals surface area contributed by atoms with Crippen LogP contribution in [0.2, 0.25) is 5.02 Å². The number of nitrogens with one attached hydrogen (secondary N) is 2. The Morgan fingerprint density at radius 3 is 2.73 bits per heavy atom. The molecular weight excluding hydrogens is 423 g/mol. The molecule has 0 saturated heterocycles. The summed E-state index contributed by atoms with van der Waals surface area (Å²) >= 11 is 8.00. The van der Waals surface area contributed by atoms with Crippen LogP contribution >= 0.6 is 23.5 Å². The molecule has 0 atom stereocenters. The van der Waals surface area contributed by atoms with Gasteiger partial charge in [0.1, 0.15) is 5.82 Å². The number of aromatic nitrogens is 2. The van der Waals surface area contributed by atoms with Crippen molar-refractivity contribution < 1.29 is 4.39 Å². The number of anilines is 3. The van der Waals surface area contributed by atoms with Gasteiger partial charge >= 0.3 is 0 Å². The van der Waals surface area contributed by atoms with E-state index in [0.29, 0.717) is 22.3 Å². The average molecular weight is 447 g/mol. The van der Waals surface area contributed by atoms with Crippen molar-refractivity contribution >= 4 is 51.5 Å². The number of halogens is 2. The van der Waals surface area contributed by atoms with Gasteiger partial charge in [-0.2, -0.15) is 0 Å². The minimum atomic E-state index is -0.455. The van der Waals surface area contributed by atoms with Crippen LogP contribution < -0.4 is 15.6 Å². The third kappa shape index (κ3) is 3.88. The molecular formula is C22H24ClFN4OS. The van der Waals surface area contributed by atoms with Crippen LogP contribution in [0, 0.1) is 12.7 Å². The molecule has 3 aromatic rings. The highest BCUT2D eigenvalue weighted by molar-refractivity contribution is 8.00.